The summed E-state index contributed by atoms with van der Waals surface area (Å²) in [6.45, 7) is 8.20. The number of hydrogen-bond donors (Lipinski definition) is 7. The Labute approximate surface area is 337 Å². The van der Waals surface area contributed by atoms with Gasteiger partial charge in [0.2, 0.25) is 23.6 Å². The molecule has 1 fully saturated rings. The van der Waals surface area contributed by atoms with Crippen LogP contribution in [0.4, 0.5) is 5.69 Å². The summed E-state index contributed by atoms with van der Waals surface area (Å²) in [6.07, 6.45) is 2.36. The number of hydrogen-bond acceptors (Lipinski definition) is 8. The zero-order valence-corrected chi connectivity index (χ0v) is 33.9. The Morgan fingerprint density at radius 3 is 1.89 bits per heavy atom. The number of benzene rings is 2. The normalized spacial score (nSPS) is 14.2. The van der Waals surface area contributed by atoms with E-state index >= 15 is 0 Å². The fourth-order valence-corrected chi connectivity index (χ4v) is 5.56. The number of rotatable bonds is 16. The van der Waals surface area contributed by atoms with Crippen molar-refractivity contribution in [1.29, 1.82) is 0 Å². The maximum absolute atomic E-state index is 14.1. The van der Waals surface area contributed by atoms with Gasteiger partial charge >= 0.3 is 0 Å². The van der Waals surface area contributed by atoms with Crippen LogP contribution in [0.25, 0.3) is 5.73 Å². The molecule has 1 saturated heterocycles. The molecule has 0 unspecified atom stereocenters. The van der Waals surface area contributed by atoms with Gasteiger partial charge in [-0.3, -0.25) is 24.2 Å². The van der Waals surface area contributed by atoms with Crippen LogP contribution in [0.15, 0.2) is 65.7 Å². The van der Waals surface area contributed by atoms with E-state index in [0.29, 0.717) is 32.4 Å². The van der Waals surface area contributed by atoms with Crippen LogP contribution in [0.2, 0.25) is 0 Å². The van der Waals surface area contributed by atoms with E-state index in [0.717, 1.165) is 17.7 Å². The number of nitrogens with zero attached hydrogens (tertiary/aromatic N) is 2. The van der Waals surface area contributed by atoms with Gasteiger partial charge in [0.25, 0.3) is 0 Å². The third kappa shape index (κ3) is 17.2. The Balaban J connectivity index is 0.00000428. The van der Waals surface area contributed by atoms with Crippen LogP contribution in [0.3, 0.4) is 0 Å². The standard InChI is InChI=1S/C33H47N9O5.C2H6.CH2NO.Y/c1-3-25(28(34)44)38-29(45)26(15-10-18-37-32(35)36)39-30(46)27(21-23-11-6-4-7-12-23)40-31(47)33(41-22(2)43)16-19-42(20-17-33)24-13-8-5-9-14-24;1-2;2-1-3;/h4-9,11-14,25-27H,3,10,15-21H2,1-2H3,(H10,34,35,36,37,38,39,40,41,43,44,45,46,47);1-2H3;(H2,2,3);/q;;-1;/p-1/t25-,26-,27+;;;/m0.../s1. The first-order valence-corrected chi connectivity index (χ1v) is 17.3. The number of nitrogens with one attached hydrogen (secondary N) is 5. The molecule has 1 aliphatic rings. The molecule has 2 aromatic rings. The summed E-state index contributed by atoms with van der Waals surface area (Å²) in [5.41, 5.74) is 22.8. The largest absolute Gasteiger partial charge is 0.666 e. The molecule has 1 heterocycles. The summed E-state index contributed by atoms with van der Waals surface area (Å²) in [5.74, 6) is -3.23. The number of aliphatic imine (C=N–C) groups is 1. The van der Waals surface area contributed by atoms with E-state index in [1.807, 2.05) is 74.5 Å². The quantitative estimate of drug-likeness (QED) is 0.0418. The number of carbonyl (C=O) groups excluding carboxylic acids is 6. The zero-order valence-electron chi connectivity index (χ0n) is 31.0. The number of carbonyl (C=O) groups is 5. The number of nitrogens with two attached hydrogens (primary N) is 3. The Hall–Kier alpha value is -4.57. The predicted octanol–water partition coefficient (Wildman–Crippen LogP) is 0.937. The van der Waals surface area contributed by atoms with E-state index in [1.165, 1.54) is 6.92 Å². The van der Waals surface area contributed by atoms with Gasteiger partial charge in [-0.2, -0.15) is 6.41 Å². The average molecular weight is 812 g/mol. The van der Waals surface area contributed by atoms with Crippen LogP contribution < -0.4 is 43.4 Å². The van der Waals surface area contributed by atoms with Crippen molar-refractivity contribution in [3.63, 3.8) is 0 Å². The Morgan fingerprint density at radius 1 is 0.887 bits per heavy atom. The van der Waals surface area contributed by atoms with E-state index in [1.54, 1.807) is 6.92 Å². The fourth-order valence-electron chi connectivity index (χ4n) is 5.56. The summed E-state index contributed by atoms with van der Waals surface area (Å²) in [6, 6.07) is 15.6. The maximum Gasteiger partial charge on any atom is 0.246 e. The second kappa shape index (κ2) is 26.2. The molecule has 3 atom stereocenters. The Morgan fingerprint density at radius 2 is 1.40 bits per heavy atom. The van der Waals surface area contributed by atoms with E-state index in [4.69, 9.17) is 22.0 Å². The number of anilines is 1. The SMILES string of the molecule is CC.CC[C@H](NC(=O)[C@H](CCCN=C(N)N)NC(=O)[C@@H](Cc1ccccc1)NC(=O)C1(NC(C)=O)CCN(c2ccccc2)CC1)C([NH-])=O.N[C-]=O.[Y]. The third-order valence-electron chi connectivity index (χ3n) is 8.11. The van der Waals surface area contributed by atoms with Crippen LogP contribution in [0.5, 0.6) is 0 Å². The average Bonchev–Trinajstić information content (AvgIpc) is 3.13. The van der Waals surface area contributed by atoms with E-state index < -0.39 is 47.3 Å². The second-order valence-corrected chi connectivity index (χ2v) is 11.8. The Bertz CT molecular complexity index is 1450. The summed E-state index contributed by atoms with van der Waals surface area (Å²) in [7, 11) is 0. The van der Waals surface area contributed by atoms with Gasteiger partial charge in [-0.05, 0) is 49.8 Å². The molecule has 1 radical (unpaired) electrons. The first kappa shape index (κ1) is 48.4. The van der Waals surface area contributed by atoms with Crippen molar-refractivity contribution >= 4 is 47.6 Å². The molecular formula is C36H54N10O6Y-2. The van der Waals surface area contributed by atoms with E-state index in [9.17, 15) is 24.0 Å². The minimum Gasteiger partial charge on any atom is -0.666 e. The summed E-state index contributed by atoms with van der Waals surface area (Å²) < 4.78 is 0. The van der Waals surface area contributed by atoms with Crippen molar-refractivity contribution in [2.75, 3.05) is 24.5 Å². The maximum atomic E-state index is 14.1. The van der Waals surface area contributed by atoms with E-state index in [2.05, 4.69) is 36.9 Å². The van der Waals surface area contributed by atoms with Gasteiger partial charge in [-0.1, -0.05) is 69.3 Å². The van der Waals surface area contributed by atoms with Gasteiger partial charge in [0.1, 0.15) is 17.6 Å². The van der Waals surface area contributed by atoms with Gasteiger partial charge < -0.3 is 58.7 Å². The molecular weight excluding hydrogens is 757 g/mol. The zero-order chi connectivity index (χ0) is 39.1. The summed E-state index contributed by atoms with van der Waals surface area (Å²) in [5, 5.41) is 11.0. The first-order valence-electron chi connectivity index (χ1n) is 17.3. The number of piperidine rings is 1. The van der Waals surface area contributed by atoms with Gasteiger partial charge in [0.15, 0.2) is 5.96 Å². The van der Waals surface area contributed by atoms with Crippen molar-refractivity contribution in [1.82, 2.24) is 21.3 Å². The molecule has 11 N–H and O–H groups in total. The monoisotopic (exact) mass is 811 g/mol. The number of primary amides is 1. The number of para-hydroxylation sites is 1. The summed E-state index contributed by atoms with van der Waals surface area (Å²) >= 11 is 0. The third-order valence-corrected chi connectivity index (χ3v) is 8.11. The van der Waals surface area contributed by atoms with Crippen LogP contribution in [0, 0.1) is 0 Å². The smallest absolute Gasteiger partial charge is 0.246 e. The van der Waals surface area contributed by atoms with Crippen LogP contribution in [0.1, 0.15) is 65.4 Å². The molecule has 0 bridgehead atoms. The second-order valence-electron chi connectivity index (χ2n) is 11.8. The van der Waals surface area contributed by atoms with Crippen LogP contribution >= 0.6 is 0 Å². The molecule has 0 saturated carbocycles. The number of guanidine groups is 1. The minimum atomic E-state index is -1.26. The molecule has 16 nitrogen and oxygen atoms in total. The van der Waals surface area contributed by atoms with Crippen molar-refractivity contribution in [3.05, 3.63) is 72.0 Å². The number of amides is 6. The van der Waals surface area contributed by atoms with Gasteiger partial charge in [0.05, 0.1) is 11.9 Å². The van der Waals surface area contributed by atoms with E-state index in [-0.39, 0.29) is 70.4 Å². The van der Waals surface area contributed by atoms with Crippen molar-refractivity contribution in [2.45, 2.75) is 89.9 Å². The first-order chi connectivity index (χ1) is 24.8. The molecule has 0 aliphatic carbocycles. The topological polar surface area (TPSA) is 268 Å². The molecule has 1 aliphatic heterocycles. The van der Waals surface area contributed by atoms with Gasteiger partial charge in [-0.25, -0.2) is 0 Å². The molecule has 0 spiro atoms. The van der Waals surface area contributed by atoms with Crippen LogP contribution in [-0.4, -0.2) is 85.2 Å². The molecule has 289 valence electrons. The van der Waals surface area contributed by atoms with Crippen molar-refractivity contribution in [3.8, 4) is 0 Å². The minimum absolute atomic E-state index is 0. The molecule has 2 aromatic carbocycles. The molecule has 17 heteroatoms. The summed E-state index contributed by atoms with van der Waals surface area (Å²) in [4.78, 5) is 79.8. The van der Waals surface area contributed by atoms with Crippen molar-refractivity contribution in [2.24, 2.45) is 22.2 Å². The Kier molecular flexibility index (Phi) is 24.0. The molecule has 0 aromatic heterocycles. The van der Waals surface area contributed by atoms with Gasteiger partial charge in [0, 0.05) is 71.4 Å². The molecule has 53 heavy (non-hydrogen) atoms. The van der Waals surface area contributed by atoms with Crippen molar-refractivity contribution < 1.29 is 61.5 Å². The van der Waals surface area contributed by atoms with Gasteiger partial charge in [-0.15, -0.1) is 0 Å². The fraction of sp³-hybridized carbons (Fsp3) is 0.472. The molecule has 6 amide bonds. The van der Waals surface area contributed by atoms with Crippen LogP contribution in [-0.2, 0) is 67.9 Å². The predicted molar refractivity (Wildman–Crippen MR) is 201 cm³/mol. The molecule has 3 rings (SSSR count).